The van der Waals surface area contributed by atoms with Crippen LogP contribution in [0.1, 0.15) is 65.2 Å². The zero-order valence-corrected chi connectivity index (χ0v) is 11.7. The summed E-state index contributed by atoms with van der Waals surface area (Å²) >= 11 is 0. The number of rotatable bonds is 7. The van der Waals surface area contributed by atoms with Gasteiger partial charge in [0.15, 0.2) is 0 Å². The molecular formula is C16H29N. The third-order valence-corrected chi connectivity index (χ3v) is 4.12. The van der Waals surface area contributed by atoms with Crippen molar-refractivity contribution >= 4 is 0 Å². The Morgan fingerprint density at radius 1 is 1.18 bits per heavy atom. The Balaban J connectivity index is 2.27. The van der Waals surface area contributed by atoms with E-state index in [1.54, 1.807) is 0 Å². The number of hydrogen-bond donors (Lipinski definition) is 1. The Hall–Kier alpha value is -0.480. The number of unbranched alkanes of at least 4 members (excludes halogenated alkanes) is 1. The molecule has 1 N–H and O–H groups in total. The van der Waals surface area contributed by atoms with E-state index in [0.29, 0.717) is 6.04 Å². The van der Waals surface area contributed by atoms with Gasteiger partial charge in [0.05, 0.1) is 6.04 Å². The third kappa shape index (κ3) is 5.13. The lowest BCUT2D eigenvalue weighted by molar-refractivity contribution is 0.234. The van der Waals surface area contributed by atoms with Crippen LogP contribution in [0.5, 0.6) is 0 Å². The lowest BCUT2D eigenvalue weighted by Gasteiger charge is -2.32. The van der Waals surface area contributed by atoms with Crippen LogP contribution in [0.2, 0.25) is 0 Å². The van der Waals surface area contributed by atoms with Crippen LogP contribution in [0.4, 0.5) is 0 Å². The predicted octanol–water partition coefficient (Wildman–Crippen LogP) is 3.98. The molecule has 1 nitrogen and oxygen atoms in total. The SMILES string of the molecule is C#CC(NCCC)C1CCC(CCCC)CC1. The Morgan fingerprint density at radius 3 is 2.41 bits per heavy atom. The fourth-order valence-corrected chi connectivity index (χ4v) is 2.96. The topological polar surface area (TPSA) is 12.0 Å². The van der Waals surface area contributed by atoms with Gasteiger partial charge in [-0.2, -0.15) is 0 Å². The molecule has 1 atom stereocenters. The van der Waals surface area contributed by atoms with E-state index < -0.39 is 0 Å². The van der Waals surface area contributed by atoms with E-state index in [2.05, 4.69) is 25.1 Å². The molecule has 0 spiro atoms. The summed E-state index contributed by atoms with van der Waals surface area (Å²) in [5.41, 5.74) is 0. The minimum atomic E-state index is 0.321. The lowest BCUT2D eigenvalue weighted by Crippen LogP contribution is -2.37. The molecule has 0 aromatic carbocycles. The van der Waals surface area contributed by atoms with Gasteiger partial charge in [-0.3, -0.25) is 0 Å². The van der Waals surface area contributed by atoms with Crippen molar-refractivity contribution in [3.8, 4) is 12.3 Å². The first kappa shape index (κ1) is 14.6. The van der Waals surface area contributed by atoms with Crippen LogP contribution < -0.4 is 5.32 Å². The highest BCUT2D eigenvalue weighted by Gasteiger charge is 2.25. The van der Waals surface area contributed by atoms with Gasteiger partial charge in [-0.1, -0.05) is 51.9 Å². The molecule has 1 unspecified atom stereocenters. The summed E-state index contributed by atoms with van der Waals surface area (Å²) in [7, 11) is 0. The van der Waals surface area contributed by atoms with Gasteiger partial charge in [-0.25, -0.2) is 0 Å². The predicted molar refractivity (Wildman–Crippen MR) is 75.9 cm³/mol. The maximum atomic E-state index is 5.65. The van der Waals surface area contributed by atoms with E-state index in [9.17, 15) is 0 Å². The second kappa shape index (κ2) is 8.59. The Kier molecular flexibility index (Phi) is 7.37. The normalized spacial score (nSPS) is 26.4. The third-order valence-electron chi connectivity index (χ3n) is 4.12. The minimum absolute atomic E-state index is 0.321. The maximum absolute atomic E-state index is 5.65. The van der Waals surface area contributed by atoms with Crippen molar-refractivity contribution in [1.82, 2.24) is 5.32 Å². The summed E-state index contributed by atoms with van der Waals surface area (Å²) < 4.78 is 0. The van der Waals surface area contributed by atoms with E-state index in [0.717, 1.165) is 18.4 Å². The molecule has 0 aromatic rings. The van der Waals surface area contributed by atoms with Crippen molar-refractivity contribution in [3.05, 3.63) is 0 Å². The summed E-state index contributed by atoms with van der Waals surface area (Å²) in [4.78, 5) is 0. The fraction of sp³-hybridized carbons (Fsp3) is 0.875. The molecule has 17 heavy (non-hydrogen) atoms. The van der Waals surface area contributed by atoms with Gasteiger partial charge in [-0.15, -0.1) is 6.42 Å². The van der Waals surface area contributed by atoms with E-state index in [-0.39, 0.29) is 0 Å². The lowest BCUT2D eigenvalue weighted by atomic mass is 9.77. The molecule has 1 heteroatoms. The Morgan fingerprint density at radius 2 is 1.88 bits per heavy atom. The van der Waals surface area contributed by atoms with Crippen molar-refractivity contribution in [2.24, 2.45) is 11.8 Å². The van der Waals surface area contributed by atoms with Gasteiger partial charge in [0.25, 0.3) is 0 Å². The molecule has 98 valence electrons. The van der Waals surface area contributed by atoms with E-state index in [4.69, 9.17) is 6.42 Å². The molecule has 0 amide bonds. The zero-order valence-electron chi connectivity index (χ0n) is 11.7. The van der Waals surface area contributed by atoms with Crippen LogP contribution >= 0.6 is 0 Å². The highest BCUT2D eigenvalue weighted by atomic mass is 14.9. The van der Waals surface area contributed by atoms with Gasteiger partial charge < -0.3 is 5.32 Å². The molecule has 1 saturated carbocycles. The van der Waals surface area contributed by atoms with Crippen molar-refractivity contribution in [1.29, 1.82) is 0 Å². The van der Waals surface area contributed by atoms with E-state index in [1.807, 2.05) is 0 Å². The molecule has 0 aliphatic heterocycles. The molecule has 1 aliphatic carbocycles. The largest absolute Gasteiger partial charge is 0.303 e. The van der Waals surface area contributed by atoms with Crippen LogP contribution in [-0.4, -0.2) is 12.6 Å². The standard InChI is InChI=1S/C16H29N/c1-4-7-8-14-9-11-15(12-10-14)16(6-3)17-13-5-2/h3,14-17H,4-5,7-13H2,1-2H3. The molecule has 0 heterocycles. The number of hydrogen-bond acceptors (Lipinski definition) is 1. The first-order valence-corrected chi connectivity index (χ1v) is 7.51. The van der Waals surface area contributed by atoms with Crippen molar-refractivity contribution in [2.45, 2.75) is 71.3 Å². The maximum Gasteiger partial charge on any atom is 0.0715 e. The molecular weight excluding hydrogens is 206 g/mol. The molecule has 1 rings (SSSR count). The second-order valence-corrected chi connectivity index (χ2v) is 5.52. The summed E-state index contributed by atoms with van der Waals surface area (Å²) in [6.45, 7) is 5.54. The highest BCUT2D eigenvalue weighted by molar-refractivity contribution is 5.03. The Labute approximate surface area is 108 Å². The molecule has 0 radical (unpaired) electrons. The van der Waals surface area contributed by atoms with Crippen LogP contribution in [0.25, 0.3) is 0 Å². The quantitative estimate of drug-likeness (QED) is 0.658. The van der Waals surface area contributed by atoms with Crippen LogP contribution in [0, 0.1) is 24.2 Å². The van der Waals surface area contributed by atoms with Crippen LogP contribution in [0.3, 0.4) is 0 Å². The average molecular weight is 235 g/mol. The van der Waals surface area contributed by atoms with Crippen molar-refractivity contribution < 1.29 is 0 Å². The Bertz CT molecular complexity index is 220. The molecule has 0 saturated heterocycles. The van der Waals surface area contributed by atoms with Crippen LogP contribution in [0.15, 0.2) is 0 Å². The first-order chi connectivity index (χ1) is 8.31. The monoisotopic (exact) mass is 235 g/mol. The van der Waals surface area contributed by atoms with Crippen molar-refractivity contribution in [2.75, 3.05) is 6.54 Å². The summed E-state index contributed by atoms with van der Waals surface area (Å²) in [5, 5.41) is 3.51. The number of nitrogens with one attached hydrogen (secondary N) is 1. The fourth-order valence-electron chi connectivity index (χ4n) is 2.96. The smallest absolute Gasteiger partial charge is 0.0715 e. The molecule has 0 aromatic heterocycles. The number of terminal acetylenes is 1. The first-order valence-electron chi connectivity index (χ1n) is 7.51. The molecule has 1 fully saturated rings. The van der Waals surface area contributed by atoms with Crippen molar-refractivity contribution in [3.63, 3.8) is 0 Å². The molecule has 1 aliphatic rings. The van der Waals surface area contributed by atoms with E-state index >= 15 is 0 Å². The second-order valence-electron chi connectivity index (χ2n) is 5.52. The van der Waals surface area contributed by atoms with Gasteiger partial charge in [0, 0.05) is 0 Å². The minimum Gasteiger partial charge on any atom is -0.303 e. The molecule has 0 bridgehead atoms. The van der Waals surface area contributed by atoms with Gasteiger partial charge in [0.1, 0.15) is 0 Å². The zero-order chi connectivity index (χ0) is 12.5. The average Bonchev–Trinajstić information content (AvgIpc) is 2.38. The highest BCUT2D eigenvalue weighted by Crippen LogP contribution is 2.33. The summed E-state index contributed by atoms with van der Waals surface area (Å²) in [6, 6.07) is 0.321. The van der Waals surface area contributed by atoms with Gasteiger partial charge >= 0.3 is 0 Å². The summed E-state index contributed by atoms with van der Waals surface area (Å²) in [6.07, 6.45) is 16.5. The summed E-state index contributed by atoms with van der Waals surface area (Å²) in [5.74, 6) is 4.66. The van der Waals surface area contributed by atoms with Gasteiger partial charge in [0.2, 0.25) is 0 Å². The van der Waals surface area contributed by atoms with E-state index in [1.165, 1.54) is 51.4 Å². The van der Waals surface area contributed by atoms with Crippen LogP contribution in [-0.2, 0) is 0 Å². The van der Waals surface area contributed by atoms with Gasteiger partial charge in [-0.05, 0) is 37.6 Å².